The monoisotopic (exact) mass is 323 g/mol. The summed E-state index contributed by atoms with van der Waals surface area (Å²) in [6.07, 6.45) is 0.660. The van der Waals surface area contributed by atoms with E-state index < -0.39 is 0 Å². The molecule has 2 aromatic rings. The Bertz CT molecular complexity index is 819. The van der Waals surface area contributed by atoms with Crippen LogP contribution in [0.3, 0.4) is 0 Å². The lowest BCUT2D eigenvalue weighted by molar-refractivity contribution is -0.140. The van der Waals surface area contributed by atoms with E-state index >= 15 is 0 Å². The second kappa shape index (κ2) is 5.60. The Labute approximate surface area is 141 Å². The first kappa shape index (κ1) is 15.1. The molecule has 2 aromatic carbocycles. The van der Waals surface area contributed by atoms with Crippen LogP contribution >= 0.6 is 0 Å². The molecule has 24 heavy (non-hydrogen) atoms. The van der Waals surface area contributed by atoms with Gasteiger partial charge in [0.25, 0.3) is 0 Å². The Balaban J connectivity index is 1.76. The molecule has 3 atom stereocenters. The van der Waals surface area contributed by atoms with Gasteiger partial charge in [0, 0.05) is 20.0 Å². The molecular formula is C19H21N3O2. The molecule has 0 radical (unpaired) electrons. The maximum absolute atomic E-state index is 12.8. The van der Waals surface area contributed by atoms with Gasteiger partial charge in [-0.1, -0.05) is 42.5 Å². The van der Waals surface area contributed by atoms with E-state index in [4.69, 9.17) is 0 Å². The molecule has 2 aliphatic rings. The number of amides is 3. The summed E-state index contributed by atoms with van der Waals surface area (Å²) in [5.41, 5.74) is 1.18. The fourth-order valence-electron chi connectivity index (χ4n) is 4.08. The van der Waals surface area contributed by atoms with Gasteiger partial charge < -0.3 is 4.90 Å². The van der Waals surface area contributed by atoms with Gasteiger partial charge in [0.2, 0.25) is 5.91 Å². The highest BCUT2D eigenvalue weighted by molar-refractivity contribution is 5.98. The topological polar surface area (TPSA) is 52.7 Å². The van der Waals surface area contributed by atoms with Crippen molar-refractivity contribution in [3.05, 3.63) is 48.0 Å². The number of fused-ring (bicyclic) bond motifs is 2. The van der Waals surface area contributed by atoms with Gasteiger partial charge in [-0.15, -0.1) is 0 Å². The average Bonchev–Trinajstić information content (AvgIpc) is 2.63. The minimum absolute atomic E-state index is 0.0894. The molecular weight excluding hydrogens is 302 g/mol. The van der Waals surface area contributed by atoms with E-state index in [9.17, 15) is 9.59 Å². The Morgan fingerprint density at radius 3 is 2.58 bits per heavy atom. The molecule has 5 nitrogen and oxygen atoms in total. The summed E-state index contributed by atoms with van der Waals surface area (Å²) in [7, 11) is 3.34. The minimum Gasteiger partial charge on any atom is -0.311 e. The van der Waals surface area contributed by atoms with E-state index in [1.165, 1.54) is 21.2 Å². The summed E-state index contributed by atoms with van der Waals surface area (Å²) in [6, 6.07) is 14.4. The van der Waals surface area contributed by atoms with Crippen molar-refractivity contribution in [1.29, 1.82) is 0 Å². The van der Waals surface area contributed by atoms with Crippen LogP contribution in [0.1, 0.15) is 17.9 Å². The summed E-state index contributed by atoms with van der Waals surface area (Å²) in [4.78, 5) is 27.9. The molecule has 0 spiro atoms. The van der Waals surface area contributed by atoms with Gasteiger partial charge in [0.15, 0.2) is 0 Å². The predicted octanol–water partition coefficient (Wildman–Crippen LogP) is 2.38. The molecule has 124 valence electrons. The Kier molecular flexibility index (Phi) is 3.53. The van der Waals surface area contributed by atoms with Gasteiger partial charge in [-0.25, -0.2) is 4.79 Å². The van der Waals surface area contributed by atoms with Crippen LogP contribution in [0.5, 0.6) is 0 Å². The summed E-state index contributed by atoms with van der Waals surface area (Å²) in [5, 5.41) is 5.73. The highest BCUT2D eigenvalue weighted by Crippen LogP contribution is 2.38. The molecule has 2 aliphatic heterocycles. The number of hydrogen-bond acceptors (Lipinski definition) is 3. The standard InChI is InChI=1S/C19H21N3O2/c1-21-17-16(18(23)22(2)19(21)24)15(9-10-20-17)14-8-7-12-5-3-4-6-13(12)11-14/h3-8,11,15-17,20H,9-10H2,1-2H3. The van der Waals surface area contributed by atoms with Crippen LogP contribution in [0.4, 0.5) is 4.79 Å². The number of nitrogens with one attached hydrogen (secondary N) is 1. The van der Waals surface area contributed by atoms with Crippen LogP contribution in [-0.4, -0.2) is 48.5 Å². The Morgan fingerprint density at radius 2 is 1.79 bits per heavy atom. The van der Waals surface area contributed by atoms with E-state index in [0.29, 0.717) is 0 Å². The molecule has 3 unspecified atom stereocenters. The number of nitrogens with zero attached hydrogens (tertiary/aromatic N) is 2. The smallest absolute Gasteiger partial charge is 0.311 e. The summed E-state index contributed by atoms with van der Waals surface area (Å²) in [6.45, 7) is 0.799. The lowest BCUT2D eigenvalue weighted by Crippen LogP contribution is -2.66. The number of urea groups is 1. The van der Waals surface area contributed by atoms with Crippen LogP contribution in [-0.2, 0) is 4.79 Å². The zero-order valence-electron chi connectivity index (χ0n) is 13.9. The van der Waals surface area contributed by atoms with Gasteiger partial charge in [0.1, 0.15) is 0 Å². The zero-order chi connectivity index (χ0) is 16.8. The second-order valence-corrected chi connectivity index (χ2v) is 6.72. The van der Waals surface area contributed by atoms with Gasteiger partial charge >= 0.3 is 6.03 Å². The minimum atomic E-state index is -0.243. The molecule has 3 amide bonds. The van der Waals surface area contributed by atoms with Gasteiger partial charge in [-0.2, -0.15) is 0 Å². The molecule has 0 bridgehead atoms. The van der Waals surface area contributed by atoms with E-state index in [1.807, 2.05) is 12.1 Å². The van der Waals surface area contributed by atoms with Crippen molar-refractivity contribution in [3.8, 4) is 0 Å². The Morgan fingerprint density at radius 1 is 1.04 bits per heavy atom. The fraction of sp³-hybridized carbons (Fsp3) is 0.368. The van der Waals surface area contributed by atoms with E-state index in [0.717, 1.165) is 13.0 Å². The maximum Gasteiger partial charge on any atom is 0.327 e. The molecule has 0 aliphatic carbocycles. The van der Waals surface area contributed by atoms with E-state index in [1.54, 1.807) is 19.0 Å². The quantitative estimate of drug-likeness (QED) is 0.877. The number of carbonyl (C=O) groups excluding carboxylic acids is 2. The largest absolute Gasteiger partial charge is 0.327 e. The number of carbonyl (C=O) groups is 2. The lowest BCUT2D eigenvalue weighted by atomic mass is 9.76. The fourth-order valence-corrected chi connectivity index (χ4v) is 4.08. The van der Waals surface area contributed by atoms with Crippen molar-refractivity contribution in [1.82, 2.24) is 15.1 Å². The number of hydrogen-bond donors (Lipinski definition) is 1. The first-order valence-corrected chi connectivity index (χ1v) is 8.34. The van der Waals surface area contributed by atoms with Crippen molar-refractivity contribution in [3.63, 3.8) is 0 Å². The van der Waals surface area contributed by atoms with Crippen molar-refractivity contribution >= 4 is 22.7 Å². The van der Waals surface area contributed by atoms with E-state index in [2.05, 4.69) is 35.6 Å². The van der Waals surface area contributed by atoms with Gasteiger partial charge in [-0.3, -0.25) is 15.0 Å². The second-order valence-electron chi connectivity index (χ2n) is 6.72. The van der Waals surface area contributed by atoms with Crippen LogP contribution in [0.15, 0.2) is 42.5 Å². The number of rotatable bonds is 1. The molecule has 2 saturated heterocycles. The highest BCUT2D eigenvalue weighted by atomic mass is 16.2. The maximum atomic E-state index is 12.8. The number of piperidine rings is 1. The summed E-state index contributed by atoms with van der Waals surface area (Å²) < 4.78 is 0. The van der Waals surface area contributed by atoms with Crippen LogP contribution in [0.2, 0.25) is 0 Å². The third kappa shape index (κ3) is 2.19. The average molecular weight is 323 g/mol. The van der Waals surface area contributed by atoms with Crippen LogP contribution < -0.4 is 5.32 Å². The van der Waals surface area contributed by atoms with Gasteiger partial charge in [0.05, 0.1) is 12.1 Å². The first-order valence-electron chi connectivity index (χ1n) is 8.34. The third-order valence-corrected chi connectivity index (χ3v) is 5.41. The van der Waals surface area contributed by atoms with Crippen LogP contribution in [0, 0.1) is 5.92 Å². The molecule has 2 heterocycles. The molecule has 1 N–H and O–H groups in total. The Hall–Kier alpha value is -2.40. The van der Waals surface area contributed by atoms with Crippen molar-refractivity contribution < 1.29 is 9.59 Å². The normalized spacial score (nSPS) is 27.5. The lowest BCUT2D eigenvalue weighted by Gasteiger charge is -2.47. The van der Waals surface area contributed by atoms with Crippen molar-refractivity contribution in [2.75, 3.05) is 20.6 Å². The highest BCUT2D eigenvalue weighted by Gasteiger charge is 2.48. The SMILES string of the molecule is CN1C(=O)C2C(c3ccc4ccccc4c3)CCNC2N(C)C1=O. The number of benzene rings is 2. The van der Waals surface area contributed by atoms with Crippen molar-refractivity contribution in [2.45, 2.75) is 18.5 Å². The van der Waals surface area contributed by atoms with Gasteiger partial charge in [-0.05, 0) is 29.3 Å². The molecule has 0 aromatic heterocycles. The third-order valence-electron chi connectivity index (χ3n) is 5.41. The first-order chi connectivity index (χ1) is 11.6. The molecule has 5 heteroatoms. The summed E-state index contributed by atoms with van der Waals surface area (Å²) >= 11 is 0. The van der Waals surface area contributed by atoms with Crippen LogP contribution in [0.25, 0.3) is 10.8 Å². The van der Waals surface area contributed by atoms with E-state index in [-0.39, 0.29) is 29.9 Å². The van der Waals surface area contributed by atoms with Crippen molar-refractivity contribution in [2.24, 2.45) is 5.92 Å². The summed E-state index contributed by atoms with van der Waals surface area (Å²) in [5.74, 6) is -0.215. The zero-order valence-corrected chi connectivity index (χ0v) is 13.9. The molecule has 4 rings (SSSR count). The predicted molar refractivity (Wildman–Crippen MR) is 92.5 cm³/mol. The number of imide groups is 1. The molecule has 0 saturated carbocycles. The molecule has 2 fully saturated rings.